The second-order valence-electron chi connectivity index (χ2n) is 7.60. The number of carbonyl (C=O) groups is 1. The van der Waals surface area contributed by atoms with Gasteiger partial charge in [-0.3, -0.25) is 9.78 Å². The average Bonchev–Trinajstić information content (AvgIpc) is 2.69. The summed E-state index contributed by atoms with van der Waals surface area (Å²) in [4.78, 5) is 25.7. The fourth-order valence-corrected chi connectivity index (χ4v) is 4.29. The van der Waals surface area contributed by atoms with Crippen LogP contribution in [0.5, 0.6) is 0 Å². The van der Waals surface area contributed by atoms with Crippen molar-refractivity contribution in [2.45, 2.75) is 32.1 Å². The highest BCUT2D eigenvalue weighted by molar-refractivity contribution is 5.77. The highest BCUT2D eigenvalue weighted by Gasteiger charge is 2.41. The van der Waals surface area contributed by atoms with Crippen LogP contribution in [-0.2, 0) is 4.79 Å². The summed E-state index contributed by atoms with van der Waals surface area (Å²) >= 11 is 0. The fourth-order valence-electron chi connectivity index (χ4n) is 4.29. The highest BCUT2D eigenvalue weighted by atomic mass is 16.3. The quantitative estimate of drug-likeness (QED) is 0.912. The van der Waals surface area contributed by atoms with E-state index in [2.05, 4.69) is 9.88 Å². The summed E-state index contributed by atoms with van der Waals surface area (Å²) < 4.78 is 0. The Bertz CT molecular complexity index is 786. The van der Waals surface area contributed by atoms with Crippen molar-refractivity contribution in [2.24, 2.45) is 5.41 Å². The van der Waals surface area contributed by atoms with Gasteiger partial charge in [-0.15, -0.1) is 0 Å². The van der Waals surface area contributed by atoms with Gasteiger partial charge in [0, 0.05) is 39.2 Å². The monoisotopic (exact) mass is 354 g/mol. The average molecular weight is 354 g/mol. The molecule has 1 N–H and O–H groups in total. The molecule has 1 amide bonds. The van der Waals surface area contributed by atoms with Crippen molar-refractivity contribution in [1.82, 2.24) is 14.9 Å². The number of aromatic nitrogens is 2. The Morgan fingerprint density at radius 2 is 1.88 bits per heavy atom. The maximum Gasteiger partial charge on any atom is 0.222 e. The lowest BCUT2D eigenvalue weighted by Gasteiger charge is -2.47. The number of para-hydroxylation sites is 2. The normalized spacial score (nSPS) is 20.1. The number of anilines is 1. The maximum atomic E-state index is 12.2. The number of carbonyl (C=O) groups excluding carboxylic acids is 1. The van der Waals surface area contributed by atoms with Crippen molar-refractivity contribution in [3.8, 4) is 0 Å². The molecule has 1 spiro atoms. The van der Waals surface area contributed by atoms with E-state index in [9.17, 15) is 4.79 Å². The molecular formula is C20H26N4O2. The molecule has 2 saturated heterocycles. The summed E-state index contributed by atoms with van der Waals surface area (Å²) in [5.41, 5.74) is 2.09. The van der Waals surface area contributed by atoms with Crippen molar-refractivity contribution in [1.29, 1.82) is 0 Å². The van der Waals surface area contributed by atoms with Gasteiger partial charge in [-0.05, 0) is 43.2 Å². The molecule has 6 heteroatoms. The lowest BCUT2D eigenvalue weighted by molar-refractivity contribution is -0.138. The van der Waals surface area contributed by atoms with E-state index >= 15 is 0 Å². The largest absolute Gasteiger partial charge is 0.396 e. The summed E-state index contributed by atoms with van der Waals surface area (Å²) in [6, 6.07) is 7.96. The summed E-state index contributed by atoms with van der Waals surface area (Å²) in [6.07, 6.45) is 6.31. The third-order valence-electron chi connectivity index (χ3n) is 5.92. The minimum absolute atomic E-state index is 0.144. The molecule has 2 aliphatic rings. The summed E-state index contributed by atoms with van der Waals surface area (Å²) in [6.45, 7) is 3.56. The van der Waals surface area contributed by atoms with Crippen molar-refractivity contribution in [2.75, 3.05) is 37.7 Å². The Labute approximate surface area is 153 Å². The predicted molar refractivity (Wildman–Crippen MR) is 101 cm³/mol. The van der Waals surface area contributed by atoms with Crippen LogP contribution in [0.2, 0.25) is 0 Å². The van der Waals surface area contributed by atoms with Crippen molar-refractivity contribution >= 4 is 22.8 Å². The van der Waals surface area contributed by atoms with E-state index in [-0.39, 0.29) is 17.9 Å². The first-order valence-electron chi connectivity index (χ1n) is 9.55. The number of amides is 1. The van der Waals surface area contributed by atoms with Gasteiger partial charge >= 0.3 is 0 Å². The molecule has 0 atom stereocenters. The molecule has 0 bridgehead atoms. The molecule has 6 nitrogen and oxygen atoms in total. The molecule has 138 valence electrons. The molecule has 0 radical (unpaired) electrons. The molecule has 2 aromatic rings. The van der Waals surface area contributed by atoms with Crippen LogP contribution < -0.4 is 4.90 Å². The van der Waals surface area contributed by atoms with Gasteiger partial charge in [0.05, 0.1) is 17.2 Å². The van der Waals surface area contributed by atoms with E-state index < -0.39 is 0 Å². The smallest absolute Gasteiger partial charge is 0.222 e. The molecule has 4 rings (SSSR count). The second kappa shape index (κ2) is 7.19. The summed E-state index contributed by atoms with van der Waals surface area (Å²) in [5.74, 6) is 1.19. The molecular weight excluding hydrogens is 328 g/mol. The van der Waals surface area contributed by atoms with Crippen LogP contribution >= 0.6 is 0 Å². The van der Waals surface area contributed by atoms with Gasteiger partial charge in [0.25, 0.3) is 0 Å². The van der Waals surface area contributed by atoms with Gasteiger partial charge in [0.1, 0.15) is 5.82 Å². The number of piperidine rings is 2. The third-order valence-corrected chi connectivity index (χ3v) is 5.92. The van der Waals surface area contributed by atoms with E-state index in [4.69, 9.17) is 10.1 Å². The van der Waals surface area contributed by atoms with E-state index in [0.717, 1.165) is 55.7 Å². The lowest BCUT2D eigenvalue weighted by atomic mass is 9.72. The van der Waals surface area contributed by atoms with Gasteiger partial charge in [-0.2, -0.15) is 0 Å². The van der Waals surface area contributed by atoms with Gasteiger partial charge < -0.3 is 14.9 Å². The van der Waals surface area contributed by atoms with Crippen molar-refractivity contribution < 1.29 is 9.90 Å². The van der Waals surface area contributed by atoms with E-state index in [1.807, 2.05) is 35.4 Å². The van der Waals surface area contributed by atoms with Crippen LogP contribution in [0.4, 0.5) is 5.82 Å². The molecule has 2 fully saturated rings. The molecule has 1 aromatic heterocycles. The first kappa shape index (κ1) is 17.2. The number of nitrogens with zero attached hydrogens (tertiary/aromatic N) is 4. The third kappa shape index (κ3) is 3.38. The number of benzene rings is 1. The van der Waals surface area contributed by atoms with Crippen LogP contribution in [0.15, 0.2) is 30.5 Å². The number of aliphatic hydroxyl groups excluding tert-OH is 1. The number of aliphatic hydroxyl groups is 1. The highest BCUT2D eigenvalue weighted by Crippen LogP contribution is 2.41. The zero-order valence-corrected chi connectivity index (χ0v) is 15.1. The Morgan fingerprint density at radius 3 is 2.65 bits per heavy atom. The van der Waals surface area contributed by atoms with Gasteiger partial charge in [-0.1, -0.05) is 12.1 Å². The standard InChI is InChI=1S/C20H26N4O2/c25-13-3-10-24-15-20(7-6-19(24)26)8-11-23(12-9-20)18-14-21-16-4-1-2-5-17(16)22-18/h1-2,4-5,14,25H,3,6-13,15H2. The molecule has 0 unspecified atom stereocenters. The molecule has 2 aliphatic heterocycles. The number of rotatable bonds is 4. The van der Waals surface area contributed by atoms with Gasteiger partial charge in [0.2, 0.25) is 5.91 Å². The number of hydrogen-bond acceptors (Lipinski definition) is 5. The molecule has 0 aliphatic carbocycles. The Balaban J connectivity index is 1.43. The first-order chi connectivity index (χ1) is 12.7. The summed E-state index contributed by atoms with van der Waals surface area (Å²) in [5, 5.41) is 9.06. The van der Waals surface area contributed by atoms with Crippen LogP contribution in [0, 0.1) is 5.41 Å². The van der Waals surface area contributed by atoms with Crippen LogP contribution in [0.3, 0.4) is 0 Å². The van der Waals surface area contributed by atoms with Crippen LogP contribution in [0.1, 0.15) is 32.1 Å². The minimum atomic E-state index is 0.144. The Hall–Kier alpha value is -2.21. The van der Waals surface area contributed by atoms with Gasteiger partial charge in [0.15, 0.2) is 0 Å². The topological polar surface area (TPSA) is 69.6 Å². The van der Waals surface area contributed by atoms with E-state index in [1.165, 1.54) is 0 Å². The number of hydrogen-bond donors (Lipinski definition) is 1. The second-order valence-corrected chi connectivity index (χ2v) is 7.60. The minimum Gasteiger partial charge on any atom is -0.396 e. The maximum absolute atomic E-state index is 12.2. The zero-order valence-electron chi connectivity index (χ0n) is 15.1. The molecule has 0 saturated carbocycles. The van der Waals surface area contributed by atoms with Crippen molar-refractivity contribution in [3.05, 3.63) is 30.5 Å². The molecule has 3 heterocycles. The first-order valence-corrected chi connectivity index (χ1v) is 9.55. The Morgan fingerprint density at radius 1 is 1.12 bits per heavy atom. The van der Waals surface area contributed by atoms with Gasteiger partial charge in [-0.25, -0.2) is 4.98 Å². The van der Waals surface area contributed by atoms with E-state index in [0.29, 0.717) is 19.4 Å². The lowest BCUT2D eigenvalue weighted by Crippen LogP contribution is -2.51. The van der Waals surface area contributed by atoms with Crippen LogP contribution in [0.25, 0.3) is 11.0 Å². The Kier molecular flexibility index (Phi) is 4.76. The summed E-state index contributed by atoms with van der Waals surface area (Å²) in [7, 11) is 0. The molecule has 26 heavy (non-hydrogen) atoms. The molecule has 1 aromatic carbocycles. The van der Waals surface area contributed by atoms with E-state index in [1.54, 1.807) is 0 Å². The number of likely N-dealkylation sites (tertiary alicyclic amines) is 1. The van der Waals surface area contributed by atoms with Crippen molar-refractivity contribution in [3.63, 3.8) is 0 Å². The van der Waals surface area contributed by atoms with Crippen LogP contribution in [-0.4, -0.2) is 58.7 Å². The fraction of sp³-hybridized carbons (Fsp3) is 0.550. The SMILES string of the molecule is O=C1CCC2(CCN(c3cnc4ccccc4n3)CC2)CN1CCCO. The zero-order chi connectivity index (χ0) is 18.0. The number of fused-ring (bicyclic) bond motifs is 1. The predicted octanol–water partition coefficient (Wildman–Crippen LogP) is 2.22.